The quantitative estimate of drug-likeness (QED) is 0.105. The normalized spacial score (nSPS) is 13.3. The summed E-state index contributed by atoms with van der Waals surface area (Å²) in [6.07, 6.45) is 0. The molecule has 0 amide bonds. The molecule has 0 aromatic heterocycles. The predicted molar refractivity (Wildman–Crippen MR) is 146 cm³/mol. The van der Waals surface area contributed by atoms with Gasteiger partial charge in [0.25, 0.3) is 30.4 Å². The molecule has 6 N–H and O–H groups in total. The van der Waals surface area contributed by atoms with Crippen molar-refractivity contribution in [1.82, 2.24) is 0 Å². The van der Waals surface area contributed by atoms with Crippen molar-refractivity contribution in [2.24, 2.45) is 10.2 Å². The monoisotopic (exact) mass is 645 g/mol. The molecule has 19 heteroatoms. The second-order valence-electron chi connectivity index (χ2n) is 8.60. The fraction of sp³-hybridized carbons (Fsp3) is 0.0909. The smallest absolute Gasteiger partial charge is 0.297 e. The van der Waals surface area contributed by atoms with Crippen molar-refractivity contribution < 1.29 is 52.4 Å². The lowest BCUT2D eigenvalue weighted by molar-refractivity contribution is 0.472. The number of aromatic hydroxyl groups is 1. The van der Waals surface area contributed by atoms with Gasteiger partial charge in [-0.05, 0) is 53.2 Å². The van der Waals surface area contributed by atoms with Gasteiger partial charge in [0, 0.05) is 16.5 Å². The molecule has 0 aliphatic carbocycles. The summed E-state index contributed by atoms with van der Waals surface area (Å²) < 4.78 is 124. The summed E-state index contributed by atoms with van der Waals surface area (Å²) in [7, 11) is -18.9. The number of nitrogen functional groups attached to an aromatic ring is 1. The van der Waals surface area contributed by atoms with Gasteiger partial charge in [0.15, 0.2) is 15.6 Å². The van der Waals surface area contributed by atoms with Crippen LogP contribution in [0.5, 0.6) is 5.75 Å². The molecule has 4 aromatic rings. The zero-order valence-electron chi connectivity index (χ0n) is 20.3. The van der Waals surface area contributed by atoms with Gasteiger partial charge in [-0.15, -0.1) is 10.2 Å². The largest absolute Gasteiger partial charge is 0.505 e. The summed E-state index contributed by atoms with van der Waals surface area (Å²) in [5.41, 5.74) is 4.60. The lowest BCUT2D eigenvalue weighted by atomic mass is 10.1. The van der Waals surface area contributed by atoms with Gasteiger partial charge >= 0.3 is 0 Å². The van der Waals surface area contributed by atoms with Gasteiger partial charge in [0.1, 0.15) is 21.2 Å². The molecule has 0 atom stereocenters. The van der Waals surface area contributed by atoms with Crippen LogP contribution in [0.3, 0.4) is 0 Å². The number of phenols is 1. The maximum Gasteiger partial charge on any atom is 0.297 e. The third kappa shape index (κ3) is 6.45. The molecular formula is C22H19N3O12S4. The first-order valence-corrected chi connectivity index (χ1v) is 17.1. The van der Waals surface area contributed by atoms with E-state index in [1.54, 1.807) is 0 Å². The minimum absolute atomic E-state index is 0.0470. The van der Waals surface area contributed by atoms with Crippen molar-refractivity contribution in [2.75, 3.05) is 17.2 Å². The van der Waals surface area contributed by atoms with Crippen LogP contribution in [0.1, 0.15) is 0 Å². The maximum atomic E-state index is 12.5. The van der Waals surface area contributed by atoms with Gasteiger partial charge in [-0.25, -0.2) is 8.42 Å². The molecule has 218 valence electrons. The van der Waals surface area contributed by atoms with Crippen molar-refractivity contribution in [3.05, 3.63) is 54.6 Å². The molecule has 0 fully saturated rings. The Labute approximate surface area is 233 Å². The molecular weight excluding hydrogens is 627 g/mol. The van der Waals surface area contributed by atoms with Crippen molar-refractivity contribution >= 4 is 78.8 Å². The Morgan fingerprint density at radius 3 is 1.95 bits per heavy atom. The van der Waals surface area contributed by atoms with Gasteiger partial charge in [-0.1, -0.05) is 12.1 Å². The highest BCUT2D eigenvalue weighted by Gasteiger charge is 2.25. The molecule has 0 spiro atoms. The molecule has 15 nitrogen and oxygen atoms in total. The Kier molecular flexibility index (Phi) is 7.58. The molecule has 4 aromatic carbocycles. The molecule has 0 radical (unpaired) electrons. The lowest BCUT2D eigenvalue weighted by Crippen LogP contribution is -2.16. The SMILES string of the molecule is Nc1ccc2c(O)c(N=Nc3ccc4cc(S(=O)(=O)CCS(=O)(=O)O)ccc4c3S(=O)(=O)O)c(S(=O)(=O)O)cc2c1. The fourth-order valence-corrected chi connectivity index (χ4v) is 7.94. The molecule has 4 rings (SSSR count). The first kappa shape index (κ1) is 30.2. The Bertz CT molecular complexity index is 2210. The van der Waals surface area contributed by atoms with Gasteiger partial charge < -0.3 is 10.8 Å². The van der Waals surface area contributed by atoms with Gasteiger partial charge in [0.2, 0.25) is 0 Å². The Morgan fingerprint density at radius 2 is 1.34 bits per heavy atom. The predicted octanol–water partition coefficient (Wildman–Crippen LogP) is 2.85. The van der Waals surface area contributed by atoms with Crippen LogP contribution in [-0.4, -0.2) is 63.9 Å². The van der Waals surface area contributed by atoms with Crippen LogP contribution in [0.2, 0.25) is 0 Å². The minimum Gasteiger partial charge on any atom is -0.505 e. The summed E-state index contributed by atoms with van der Waals surface area (Å²) >= 11 is 0. The highest BCUT2D eigenvalue weighted by Crippen LogP contribution is 2.43. The summed E-state index contributed by atoms with van der Waals surface area (Å²) in [5.74, 6) is -2.79. The van der Waals surface area contributed by atoms with Crippen LogP contribution in [0, 0.1) is 0 Å². The Balaban J connectivity index is 1.90. The van der Waals surface area contributed by atoms with Crippen molar-refractivity contribution in [2.45, 2.75) is 14.7 Å². The summed E-state index contributed by atoms with van der Waals surface area (Å²) in [6.45, 7) is 0. The fourth-order valence-electron chi connectivity index (χ4n) is 3.91. The van der Waals surface area contributed by atoms with Crippen LogP contribution in [0.4, 0.5) is 17.1 Å². The van der Waals surface area contributed by atoms with E-state index in [2.05, 4.69) is 10.2 Å². The zero-order valence-corrected chi connectivity index (χ0v) is 23.5. The average Bonchev–Trinajstić information content (AvgIpc) is 2.84. The highest BCUT2D eigenvalue weighted by molar-refractivity contribution is 7.93. The number of phenolic OH excluding ortho intramolecular Hbond substituents is 1. The number of benzene rings is 4. The zero-order chi connectivity index (χ0) is 30.5. The second-order valence-corrected chi connectivity index (χ2v) is 15.0. The molecule has 0 saturated heterocycles. The van der Waals surface area contributed by atoms with E-state index in [1.807, 2.05) is 0 Å². The highest BCUT2D eigenvalue weighted by atomic mass is 32.2. The van der Waals surface area contributed by atoms with Crippen LogP contribution >= 0.6 is 0 Å². The number of hydrogen-bond acceptors (Lipinski definition) is 12. The topological polar surface area (TPSA) is 268 Å². The van der Waals surface area contributed by atoms with Crippen molar-refractivity contribution in [3.8, 4) is 5.75 Å². The van der Waals surface area contributed by atoms with E-state index in [0.29, 0.717) is 0 Å². The van der Waals surface area contributed by atoms with Gasteiger partial charge in [0.05, 0.1) is 16.4 Å². The van der Waals surface area contributed by atoms with E-state index >= 15 is 0 Å². The lowest BCUT2D eigenvalue weighted by Gasteiger charge is -2.11. The first-order chi connectivity index (χ1) is 18.8. The molecule has 0 saturated carbocycles. The standard InChI is InChI=1S/C22H19N3O12S4/c23-14-2-4-16-13(9-14)11-19(40(32,33)34)20(21(16)26)25-24-18-6-1-12-10-15(38(27,28)7-8-39(29,30)31)3-5-17(12)22(18)41(35,36)37/h1-6,9-11,26H,7-8,23H2,(H,29,30,31)(H,32,33,34)(H,35,36,37). The number of nitrogens with two attached hydrogens (primary N) is 1. The van der Waals surface area contributed by atoms with Gasteiger partial charge in [-0.2, -0.15) is 25.3 Å². The summed E-state index contributed by atoms with van der Waals surface area (Å²) in [6, 6.07) is 10.1. The summed E-state index contributed by atoms with van der Waals surface area (Å²) in [4.78, 5) is -2.16. The van der Waals surface area contributed by atoms with Crippen LogP contribution in [0.25, 0.3) is 21.5 Å². The number of rotatable bonds is 8. The number of nitrogens with zero attached hydrogens (tertiary/aromatic N) is 2. The van der Waals surface area contributed by atoms with Crippen molar-refractivity contribution in [3.63, 3.8) is 0 Å². The Hall–Kier alpha value is -3.72. The average molecular weight is 646 g/mol. The minimum atomic E-state index is -5.09. The first-order valence-electron chi connectivity index (χ1n) is 10.9. The van der Waals surface area contributed by atoms with Crippen molar-refractivity contribution in [1.29, 1.82) is 0 Å². The molecule has 0 bridgehead atoms. The molecule has 41 heavy (non-hydrogen) atoms. The van der Waals surface area contributed by atoms with E-state index in [-0.39, 0.29) is 27.2 Å². The molecule has 0 aliphatic heterocycles. The third-order valence-electron chi connectivity index (χ3n) is 5.76. The van der Waals surface area contributed by atoms with Crippen LogP contribution in [-0.2, 0) is 40.2 Å². The third-order valence-corrected chi connectivity index (χ3v) is 10.3. The van der Waals surface area contributed by atoms with E-state index in [1.165, 1.54) is 24.3 Å². The summed E-state index contributed by atoms with van der Waals surface area (Å²) in [5, 5.41) is 18.0. The van der Waals surface area contributed by atoms with E-state index in [0.717, 1.165) is 30.3 Å². The number of azo groups is 1. The van der Waals surface area contributed by atoms with E-state index in [9.17, 15) is 47.9 Å². The molecule has 0 aliphatic rings. The number of fused-ring (bicyclic) bond motifs is 2. The van der Waals surface area contributed by atoms with Crippen LogP contribution < -0.4 is 5.73 Å². The molecule has 0 heterocycles. The van der Waals surface area contributed by atoms with Gasteiger partial charge in [-0.3, -0.25) is 13.7 Å². The Morgan fingerprint density at radius 1 is 0.683 bits per heavy atom. The number of sulfone groups is 1. The number of anilines is 1. The number of hydrogen-bond donors (Lipinski definition) is 5. The second kappa shape index (κ2) is 10.3. The van der Waals surface area contributed by atoms with E-state index in [4.69, 9.17) is 10.3 Å². The van der Waals surface area contributed by atoms with Crippen LogP contribution in [0.15, 0.2) is 79.5 Å². The molecule has 0 unspecified atom stereocenters. The maximum absolute atomic E-state index is 12.5. The van der Waals surface area contributed by atoms with E-state index < -0.39 is 83.5 Å².